The third-order valence-electron chi connectivity index (χ3n) is 0. The van der Waals surface area contributed by atoms with Gasteiger partial charge in [0.15, 0.2) is 0 Å². The summed E-state index contributed by atoms with van der Waals surface area (Å²) >= 11 is 0. The van der Waals surface area contributed by atoms with Crippen molar-refractivity contribution >= 4 is 0 Å². The molecule has 0 bridgehead atoms. The zero-order valence-electron chi connectivity index (χ0n) is 10.0. The van der Waals surface area contributed by atoms with Gasteiger partial charge < -0.3 is 0 Å². The molecule has 0 atom stereocenters. The van der Waals surface area contributed by atoms with E-state index in [0.717, 1.165) is 0 Å². The van der Waals surface area contributed by atoms with Gasteiger partial charge in [-0.1, -0.05) is 0 Å². The average Bonchev–Trinajstić information content (AvgIpc) is 0. The van der Waals surface area contributed by atoms with E-state index in [9.17, 15) is 0 Å². The van der Waals surface area contributed by atoms with Crippen molar-refractivity contribution < 1.29 is 503 Å². The van der Waals surface area contributed by atoms with Gasteiger partial charge >= 0.3 is 0 Å². The van der Waals surface area contributed by atoms with E-state index < -0.39 is 0 Å². The summed E-state index contributed by atoms with van der Waals surface area (Å²) in [4.78, 5) is 0. The molecule has 30 heavy (non-hydrogen) atoms. The first-order chi connectivity index (χ1) is 0. The van der Waals surface area contributed by atoms with Crippen LogP contribution in [0.4, 0.5) is 0 Å². The van der Waals surface area contributed by atoms with E-state index in [1.54, 1.807) is 0 Å². The van der Waals surface area contributed by atoms with E-state index in [4.69, 9.17) is 0 Å². The maximum absolute atomic E-state index is 0. The van der Waals surface area contributed by atoms with E-state index in [2.05, 4.69) is 0 Å². The van der Waals surface area contributed by atoms with E-state index in [0.29, 0.717) is 0 Å². The van der Waals surface area contributed by atoms with Crippen molar-refractivity contribution in [3.05, 3.63) is 0 Å². The average molecular weight is 1770 g/mol. The molecule has 0 fully saturated rings. The SMILES string of the molecule is [Co].[Co].[Co].[Co].[Co].[Co].[Co].[Co].[Co].[Co].[Co].[Co].[Co].[Co].[Co].[Co].[Co].[Co].[Co].[Co].[Co].[Co].[Co].[Co].[Co].[Co].[Co].[Co].[Co].[Co]. The van der Waals surface area contributed by atoms with Crippen LogP contribution in [0.25, 0.3) is 0 Å². The smallest absolute Gasteiger partial charge is 0 e. The minimum atomic E-state index is 0. The molecule has 0 amide bonds. The molecule has 0 aliphatic rings. The molecule has 0 aromatic carbocycles. The van der Waals surface area contributed by atoms with Gasteiger partial charge in [-0.05, 0) is 0 Å². The fourth-order valence-electron chi connectivity index (χ4n) is 0. The van der Waals surface area contributed by atoms with Gasteiger partial charge in [-0.25, -0.2) is 0 Å². The first-order valence-electron chi connectivity index (χ1n) is 0. The summed E-state index contributed by atoms with van der Waals surface area (Å²) < 4.78 is 0. The van der Waals surface area contributed by atoms with E-state index in [1.165, 1.54) is 0 Å². The molecule has 30 heteroatoms. The minimum Gasteiger partial charge on any atom is 0 e. The Morgan fingerprint density at radius 2 is 0.0333 bits per heavy atom. The Hall–Kier alpha value is 15.2. The van der Waals surface area contributed by atoms with Crippen molar-refractivity contribution in [3.8, 4) is 0 Å². The van der Waals surface area contributed by atoms with E-state index in [1.807, 2.05) is 0 Å². The fourth-order valence-corrected chi connectivity index (χ4v) is 0. The van der Waals surface area contributed by atoms with Gasteiger partial charge in [0.2, 0.25) is 0 Å². The van der Waals surface area contributed by atoms with Crippen molar-refractivity contribution in [2.45, 2.75) is 0 Å². The topological polar surface area (TPSA) is 0 Å². The molecule has 270 valence electrons. The van der Waals surface area contributed by atoms with Crippen LogP contribution in [0.2, 0.25) is 0 Å². The Labute approximate surface area is 491 Å². The molecular weight excluding hydrogens is 1770 g/mol. The summed E-state index contributed by atoms with van der Waals surface area (Å²) in [6, 6.07) is 0. The number of hydrogen-bond donors (Lipinski definition) is 0. The van der Waals surface area contributed by atoms with E-state index >= 15 is 0 Å². The van der Waals surface area contributed by atoms with Crippen molar-refractivity contribution in [3.63, 3.8) is 0 Å². The first-order valence-corrected chi connectivity index (χ1v) is 0. The molecule has 0 aromatic rings. The molecule has 0 aromatic heterocycles. The Balaban J connectivity index is 0. The molecule has 0 aliphatic carbocycles. The second kappa shape index (κ2) is 357. The largest absolute Gasteiger partial charge is 0 e. The normalized spacial score (nSPS) is 0. The van der Waals surface area contributed by atoms with Crippen molar-refractivity contribution in [2.24, 2.45) is 0 Å². The molecule has 0 nitrogen and oxygen atoms in total. The Morgan fingerprint density at radius 3 is 0.0333 bits per heavy atom. The predicted molar refractivity (Wildman–Crippen MR) is 0 cm³/mol. The summed E-state index contributed by atoms with van der Waals surface area (Å²) in [7, 11) is 0. The van der Waals surface area contributed by atoms with Gasteiger partial charge in [0.1, 0.15) is 0 Å². The monoisotopic (exact) mass is 1770 g/mol. The summed E-state index contributed by atoms with van der Waals surface area (Å²) in [5.74, 6) is 0. The van der Waals surface area contributed by atoms with Gasteiger partial charge in [0, 0.05) is 503 Å². The molecule has 0 N–H and O–H groups in total. The number of rotatable bonds is 0. The Kier molecular flexibility index (Phi) is 4550. The van der Waals surface area contributed by atoms with Gasteiger partial charge in [0.25, 0.3) is 0 Å². The maximum Gasteiger partial charge on any atom is 0 e. The Bertz CT molecular complexity index is 0. The molecule has 0 unspecified atom stereocenters. The Morgan fingerprint density at radius 1 is 0.0333 bits per heavy atom. The van der Waals surface area contributed by atoms with Crippen molar-refractivity contribution in [2.75, 3.05) is 0 Å². The first kappa shape index (κ1) is 382. The van der Waals surface area contributed by atoms with Crippen LogP contribution in [0, 0.1) is 0 Å². The van der Waals surface area contributed by atoms with Crippen LogP contribution in [0.3, 0.4) is 0 Å². The maximum atomic E-state index is 0. The summed E-state index contributed by atoms with van der Waals surface area (Å²) in [5, 5.41) is 0. The van der Waals surface area contributed by atoms with Crippen molar-refractivity contribution in [1.82, 2.24) is 0 Å². The molecule has 0 heterocycles. The molecule has 0 rings (SSSR count). The van der Waals surface area contributed by atoms with Gasteiger partial charge in [0.05, 0.1) is 0 Å². The van der Waals surface area contributed by atoms with Gasteiger partial charge in [-0.3, -0.25) is 0 Å². The zero-order valence-corrected chi connectivity index (χ0v) is 41.2. The third kappa shape index (κ3) is 333. The summed E-state index contributed by atoms with van der Waals surface area (Å²) in [6.45, 7) is 0. The summed E-state index contributed by atoms with van der Waals surface area (Å²) in [6.07, 6.45) is 0. The molecular formula is Co30. The van der Waals surface area contributed by atoms with Crippen LogP contribution in [0.5, 0.6) is 0 Å². The van der Waals surface area contributed by atoms with Crippen LogP contribution in [0.15, 0.2) is 0 Å². The van der Waals surface area contributed by atoms with Crippen LogP contribution in [-0.4, -0.2) is 0 Å². The zero-order chi connectivity index (χ0) is 0. The molecule has 30 radical (unpaired) electrons. The molecule has 0 aliphatic heterocycles. The van der Waals surface area contributed by atoms with E-state index in [-0.39, 0.29) is 503 Å². The molecule has 0 saturated carbocycles. The molecule has 0 saturated heterocycles. The quantitative estimate of drug-likeness (QED) is 0.319. The second-order valence-electron chi connectivity index (χ2n) is 0. The fraction of sp³-hybridized carbons (Fsp3) is 0. The third-order valence-corrected chi connectivity index (χ3v) is 0. The second-order valence-corrected chi connectivity index (χ2v) is 0. The molecule has 0 spiro atoms. The van der Waals surface area contributed by atoms with Crippen LogP contribution >= 0.6 is 0 Å². The minimum absolute atomic E-state index is 0. The van der Waals surface area contributed by atoms with Crippen LogP contribution < -0.4 is 0 Å². The summed E-state index contributed by atoms with van der Waals surface area (Å²) in [5.41, 5.74) is 0. The van der Waals surface area contributed by atoms with Gasteiger partial charge in [-0.15, -0.1) is 0 Å². The van der Waals surface area contributed by atoms with Crippen molar-refractivity contribution in [1.29, 1.82) is 0 Å². The predicted octanol–water partition coefficient (Wildman–Crippen LogP) is -0.0750. The number of hydrogen-bond acceptors (Lipinski definition) is 0. The van der Waals surface area contributed by atoms with Crippen LogP contribution in [-0.2, 0) is 503 Å². The van der Waals surface area contributed by atoms with Crippen LogP contribution in [0.1, 0.15) is 0 Å². The standard InChI is InChI=1S/30Co. The van der Waals surface area contributed by atoms with Gasteiger partial charge in [-0.2, -0.15) is 0 Å².